The van der Waals surface area contributed by atoms with Crippen LogP contribution in [0.4, 0.5) is 0 Å². The molecule has 3 atom stereocenters. The molecule has 0 aliphatic carbocycles. The maximum atomic E-state index is 6.87. The van der Waals surface area contributed by atoms with E-state index in [0.717, 1.165) is 0 Å². The van der Waals surface area contributed by atoms with Gasteiger partial charge >= 0.3 is 0 Å². The summed E-state index contributed by atoms with van der Waals surface area (Å²) in [5.74, 6) is -0.119. The molecule has 132 valence electrons. The zero-order valence-corrected chi connectivity index (χ0v) is 17.4. The van der Waals surface area contributed by atoms with Crippen molar-refractivity contribution in [1.82, 2.24) is 0 Å². The Labute approximate surface area is 139 Å². The Kier molecular flexibility index (Phi) is 6.71. The van der Waals surface area contributed by atoms with Gasteiger partial charge in [-0.05, 0) is 37.4 Å². The first kappa shape index (κ1) is 20.1. The van der Waals surface area contributed by atoms with E-state index in [1.165, 1.54) is 0 Å². The molecule has 0 amide bonds. The van der Waals surface area contributed by atoms with Gasteiger partial charge in [0.1, 0.15) is 0 Å². The van der Waals surface area contributed by atoms with Crippen molar-refractivity contribution in [1.29, 1.82) is 0 Å². The zero-order chi connectivity index (χ0) is 17.3. The Morgan fingerprint density at radius 3 is 1.68 bits per heavy atom. The van der Waals surface area contributed by atoms with E-state index in [2.05, 4.69) is 55.4 Å². The van der Waals surface area contributed by atoms with Gasteiger partial charge in [0.15, 0.2) is 5.79 Å². The molecule has 4 heteroatoms. The predicted octanol–water partition coefficient (Wildman–Crippen LogP) is 5.35. The average Bonchev–Trinajstić information content (AvgIpc) is 2.73. The van der Waals surface area contributed by atoms with E-state index < -0.39 is 14.1 Å². The summed E-state index contributed by atoms with van der Waals surface area (Å²) in [6.45, 7) is 23.1. The Morgan fingerprint density at radius 1 is 0.909 bits per heavy atom. The molecule has 0 aromatic heterocycles. The van der Waals surface area contributed by atoms with Gasteiger partial charge in [0, 0.05) is 12.0 Å². The van der Waals surface area contributed by atoms with E-state index in [1.807, 2.05) is 13.8 Å². The van der Waals surface area contributed by atoms with Crippen molar-refractivity contribution in [2.75, 3.05) is 6.61 Å². The summed E-state index contributed by atoms with van der Waals surface area (Å²) in [4.78, 5) is 0. The third kappa shape index (κ3) is 4.14. The molecule has 0 unspecified atom stereocenters. The fraction of sp³-hybridized carbons (Fsp3) is 1.00. The molecule has 0 saturated carbocycles. The highest BCUT2D eigenvalue weighted by Crippen LogP contribution is 2.44. The van der Waals surface area contributed by atoms with Crippen molar-refractivity contribution in [3.63, 3.8) is 0 Å². The highest BCUT2D eigenvalue weighted by Gasteiger charge is 2.48. The fourth-order valence-electron chi connectivity index (χ4n) is 4.11. The van der Waals surface area contributed by atoms with Crippen molar-refractivity contribution in [2.24, 2.45) is 5.92 Å². The van der Waals surface area contributed by atoms with Crippen LogP contribution < -0.4 is 0 Å². The first-order chi connectivity index (χ1) is 9.94. The first-order valence-electron chi connectivity index (χ1n) is 8.93. The van der Waals surface area contributed by atoms with Crippen LogP contribution in [0.25, 0.3) is 0 Å². The first-order valence-corrected chi connectivity index (χ1v) is 11.1. The van der Waals surface area contributed by atoms with E-state index in [9.17, 15) is 0 Å². The van der Waals surface area contributed by atoms with E-state index in [1.54, 1.807) is 0 Å². The molecular formula is C18H38O3Si. The van der Waals surface area contributed by atoms with Gasteiger partial charge in [-0.2, -0.15) is 0 Å². The minimum atomic E-state index is -1.84. The molecule has 3 nitrogen and oxygen atoms in total. The van der Waals surface area contributed by atoms with Gasteiger partial charge in [0.25, 0.3) is 0 Å². The van der Waals surface area contributed by atoms with Crippen LogP contribution in [0.3, 0.4) is 0 Å². The standard InChI is InChI=1S/C18H38O3Si/c1-12(2)22(13(3)4,14(5)6)21-16(8)15(7)17-11-19-18(9,10)20-17/h12-17H,11H2,1-10H3/t15-,16-,17-/m0/s1. The van der Waals surface area contributed by atoms with E-state index >= 15 is 0 Å². The van der Waals surface area contributed by atoms with Crippen LogP contribution in [0, 0.1) is 5.92 Å². The van der Waals surface area contributed by atoms with Gasteiger partial charge in [-0.1, -0.05) is 48.5 Å². The van der Waals surface area contributed by atoms with Gasteiger partial charge in [0.2, 0.25) is 8.32 Å². The zero-order valence-electron chi connectivity index (χ0n) is 16.4. The third-order valence-electron chi connectivity index (χ3n) is 5.45. The highest BCUT2D eigenvalue weighted by molar-refractivity contribution is 6.77. The molecule has 1 aliphatic heterocycles. The van der Waals surface area contributed by atoms with Gasteiger partial charge in [-0.3, -0.25) is 0 Å². The van der Waals surface area contributed by atoms with Crippen LogP contribution in [0.5, 0.6) is 0 Å². The summed E-state index contributed by atoms with van der Waals surface area (Å²) >= 11 is 0. The molecule has 1 fully saturated rings. The number of hydrogen-bond acceptors (Lipinski definition) is 3. The molecule has 0 N–H and O–H groups in total. The van der Waals surface area contributed by atoms with Crippen molar-refractivity contribution >= 4 is 8.32 Å². The molecule has 0 bridgehead atoms. The Morgan fingerprint density at radius 2 is 1.36 bits per heavy atom. The lowest BCUT2D eigenvalue weighted by Gasteiger charge is -2.45. The van der Waals surface area contributed by atoms with Crippen LogP contribution in [0.15, 0.2) is 0 Å². The largest absolute Gasteiger partial charge is 0.413 e. The summed E-state index contributed by atoms with van der Waals surface area (Å²) in [5.41, 5.74) is 1.83. The fourth-order valence-corrected chi connectivity index (χ4v) is 9.79. The summed E-state index contributed by atoms with van der Waals surface area (Å²) in [7, 11) is -1.84. The molecule has 0 aromatic rings. The quantitative estimate of drug-likeness (QED) is 0.589. The third-order valence-corrected chi connectivity index (χ3v) is 11.6. The second kappa shape index (κ2) is 7.33. The smallest absolute Gasteiger partial charge is 0.200 e. The molecular weight excluding hydrogens is 292 g/mol. The number of rotatable bonds is 7. The van der Waals surface area contributed by atoms with E-state index in [0.29, 0.717) is 29.1 Å². The minimum Gasteiger partial charge on any atom is -0.413 e. The Bertz CT molecular complexity index is 330. The molecule has 0 aromatic carbocycles. The lowest BCUT2D eigenvalue weighted by Crippen LogP contribution is -2.51. The molecule has 1 heterocycles. The minimum absolute atomic E-state index is 0.128. The second-order valence-corrected chi connectivity index (χ2v) is 13.8. The molecule has 1 aliphatic rings. The highest BCUT2D eigenvalue weighted by atomic mass is 28.4. The van der Waals surface area contributed by atoms with Crippen molar-refractivity contribution in [3.05, 3.63) is 0 Å². The van der Waals surface area contributed by atoms with Crippen LogP contribution >= 0.6 is 0 Å². The SMILES string of the molecule is CC(C)[Si](O[C@@H](C)[C@H](C)[C@@H]1COC(C)(C)O1)(C(C)C)C(C)C. The van der Waals surface area contributed by atoms with Gasteiger partial charge in [-0.25, -0.2) is 0 Å². The predicted molar refractivity (Wildman–Crippen MR) is 95.7 cm³/mol. The maximum absolute atomic E-state index is 6.87. The van der Waals surface area contributed by atoms with Gasteiger partial charge < -0.3 is 13.9 Å². The summed E-state index contributed by atoms with van der Waals surface area (Å²) in [5, 5.41) is 0. The Hall–Kier alpha value is 0.0969. The number of ether oxygens (including phenoxy) is 2. The summed E-state index contributed by atoms with van der Waals surface area (Å²) in [6.07, 6.45) is 0.324. The van der Waals surface area contributed by atoms with Crippen molar-refractivity contribution < 1.29 is 13.9 Å². The lowest BCUT2D eigenvalue weighted by atomic mass is 10.0. The summed E-state index contributed by atoms with van der Waals surface area (Å²) in [6, 6.07) is 0. The average molecular weight is 331 g/mol. The van der Waals surface area contributed by atoms with Crippen molar-refractivity contribution in [2.45, 2.75) is 104 Å². The summed E-state index contributed by atoms with van der Waals surface area (Å²) < 4.78 is 18.6. The second-order valence-electron chi connectivity index (χ2n) is 8.37. The Balaban J connectivity index is 2.85. The molecule has 1 saturated heterocycles. The van der Waals surface area contributed by atoms with E-state index in [4.69, 9.17) is 13.9 Å². The van der Waals surface area contributed by atoms with Crippen LogP contribution in [0.1, 0.15) is 69.2 Å². The van der Waals surface area contributed by atoms with Crippen LogP contribution in [0.2, 0.25) is 16.6 Å². The molecule has 0 spiro atoms. The van der Waals surface area contributed by atoms with E-state index in [-0.39, 0.29) is 12.2 Å². The van der Waals surface area contributed by atoms with Crippen LogP contribution in [-0.2, 0) is 13.9 Å². The lowest BCUT2D eigenvalue weighted by molar-refractivity contribution is -0.147. The van der Waals surface area contributed by atoms with Crippen LogP contribution in [-0.4, -0.2) is 32.9 Å². The monoisotopic (exact) mass is 330 g/mol. The molecule has 1 rings (SSSR count). The molecule has 0 radical (unpaired) electrons. The molecule has 22 heavy (non-hydrogen) atoms. The normalized spacial score (nSPS) is 25.2. The van der Waals surface area contributed by atoms with Crippen molar-refractivity contribution in [3.8, 4) is 0 Å². The van der Waals surface area contributed by atoms with Gasteiger partial charge in [0.05, 0.1) is 12.7 Å². The maximum Gasteiger partial charge on any atom is 0.200 e. The number of hydrogen-bond donors (Lipinski definition) is 0. The van der Waals surface area contributed by atoms with Gasteiger partial charge in [-0.15, -0.1) is 0 Å². The topological polar surface area (TPSA) is 27.7 Å².